The van der Waals surface area contributed by atoms with Crippen LogP contribution in [0.1, 0.15) is 21.5 Å². The lowest BCUT2D eigenvalue weighted by Crippen LogP contribution is -2.17. The second kappa shape index (κ2) is 5.76. The van der Waals surface area contributed by atoms with Gasteiger partial charge < -0.3 is 10.4 Å². The SMILES string of the molecule is Cc1cc2c(cc1C(=O)O)NC(c1c(F)cccc1F)=Nc1cn[nH]c1-2. The number of rotatable bonds is 2. The molecule has 26 heavy (non-hydrogen) atoms. The number of nitrogens with zero attached hydrogens (tertiary/aromatic N) is 2. The van der Waals surface area contributed by atoms with Crippen LogP contribution in [0.4, 0.5) is 20.2 Å². The third-order valence-corrected chi connectivity index (χ3v) is 4.17. The molecule has 0 saturated carbocycles. The van der Waals surface area contributed by atoms with E-state index in [2.05, 4.69) is 20.5 Å². The first kappa shape index (κ1) is 15.9. The molecular formula is C18H12F2N4O2. The number of halogens is 2. The van der Waals surface area contributed by atoms with Crippen LogP contribution < -0.4 is 5.32 Å². The van der Waals surface area contributed by atoms with Gasteiger partial charge >= 0.3 is 5.97 Å². The number of carbonyl (C=O) groups is 1. The van der Waals surface area contributed by atoms with Crippen molar-refractivity contribution in [2.24, 2.45) is 4.99 Å². The summed E-state index contributed by atoms with van der Waals surface area (Å²) in [5.41, 5.74) is 2.17. The van der Waals surface area contributed by atoms with Crippen molar-refractivity contribution in [2.75, 3.05) is 5.32 Å². The average molecular weight is 354 g/mol. The van der Waals surface area contributed by atoms with Gasteiger partial charge in [-0.25, -0.2) is 18.6 Å². The number of amidine groups is 1. The Kier molecular flexibility index (Phi) is 3.54. The van der Waals surface area contributed by atoms with Gasteiger partial charge in [0.05, 0.1) is 28.7 Å². The van der Waals surface area contributed by atoms with Gasteiger partial charge in [-0.2, -0.15) is 5.10 Å². The van der Waals surface area contributed by atoms with E-state index in [1.165, 1.54) is 18.3 Å². The van der Waals surface area contributed by atoms with E-state index >= 15 is 0 Å². The minimum atomic E-state index is -1.10. The van der Waals surface area contributed by atoms with Gasteiger partial charge in [0.15, 0.2) is 0 Å². The maximum absolute atomic E-state index is 14.2. The first-order valence-electron chi connectivity index (χ1n) is 7.67. The van der Waals surface area contributed by atoms with E-state index in [1.54, 1.807) is 13.0 Å². The van der Waals surface area contributed by atoms with Crippen molar-refractivity contribution in [1.82, 2.24) is 10.2 Å². The molecule has 6 nitrogen and oxygen atoms in total. The van der Waals surface area contributed by atoms with Crippen LogP contribution in [0.5, 0.6) is 0 Å². The Morgan fingerprint density at radius 2 is 1.92 bits per heavy atom. The fraction of sp³-hybridized carbons (Fsp3) is 0.0556. The standard InChI is InChI=1S/C18H12F2N4O2/c1-8-5-10-13(6-9(8)18(25)26)22-17(23-14-7-21-24-16(10)14)15-11(19)3-2-4-12(15)20/h2-7H,1H3,(H,21,24)(H,22,23)(H,25,26). The smallest absolute Gasteiger partial charge is 0.336 e. The molecule has 2 heterocycles. The lowest BCUT2D eigenvalue weighted by molar-refractivity contribution is 0.0696. The summed E-state index contributed by atoms with van der Waals surface area (Å²) in [5.74, 6) is -2.73. The van der Waals surface area contributed by atoms with Crippen molar-refractivity contribution in [1.29, 1.82) is 0 Å². The molecular weight excluding hydrogens is 342 g/mol. The van der Waals surface area contributed by atoms with Crippen molar-refractivity contribution in [2.45, 2.75) is 6.92 Å². The van der Waals surface area contributed by atoms with Crippen molar-refractivity contribution in [3.05, 3.63) is 64.9 Å². The molecule has 3 N–H and O–H groups in total. The van der Waals surface area contributed by atoms with Crippen LogP contribution in [-0.2, 0) is 0 Å². The molecule has 8 heteroatoms. The van der Waals surface area contributed by atoms with Crippen molar-refractivity contribution in [3.63, 3.8) is 0 Å². The van der Waals surface area contributed by atoms with Crippen LogP contribution in [0.25, 0.3) is 11.3 Å². The zero-order valence-electron chi connectivity index (χ0n) is 13.5. The summed E-state index contributed by atoms with van der Waals surface area (Å²) in [6, 6.07) is 6.59. The zero-order chi connectivity index (χ0) is 18.4. The molecule has 0 aliphatic carbocycles. The van der Waals surface area contributed by atoms with Gasteiger partial charge in [-0.1, -0.05) is 6.07 Å². The number of fused-ring (bicyclic) bond motifs is 3. The Morgan fingerprint density at radius 1 is 1.19 bits per heavy atom. The predicted molar refractivity (Wildman–Crippen MR) is 91.9 cm³/mol. The fourth-order valence-corrected chi connectivity index (χ4v) is 2.93. The molecule has 130 valence electrons. The van der Waals surface area contributed by atoms with E-state index in [-0.39, 0.29) is 17.0 Å². The molecule has 0 radical (unpaired) electrons. The minimum Gasteiger partial charge on any atom is -0.478 e. The summed E-state index contributed by atoms with van der Waals surface area (Å²) in [6.45, 7) is 1.67. The maximum Gasteiger partial charge on any atom is 0.336 e. The van der Waals surface area contributed by atoms with Crippen LogP contribution in [0.2, 0.25) is 0 Å². The third kappa shape index (κ3) is 2.43. The predicted octanol–water partition coefficient (Wildman–Crippen LogP) is 3.87. The van der Waals surface area contributed by atoms with Crippen molar-refractivity contribution in [3.8, 4) is 11.3 Å². The maximum atomic E-state index is 14.2. The number of aromatic carboxylic acids is 1. The van der Waals surface area contributed by atoms with Gasteiger partial charge in [-0.15, -0.1) is 0 Å². The number of aromatic nitrogens is 2. The molecule has 3 aromatic rings. The number of carboxylic acids is 1. The van der Waals surface area contributed by atoms with E-state index in [1.807, 2.05) is 0 Å². The molecule has 0 unspecified atom stereocenters. The quantitative estimate of drug-likeness (QED) is 0.652. The first-order chi connectivity index (χ1) is 12.5. The summed E-state index contributed by atoms with van der Waals surface area (Å²) in [5, 5.41) is 19.0. The van der Waals surface area contributed by atoms with Crippen molar-refractivity contribution < 1.29 is 18.7 Å². The highest BCUT2D eigenvalue weighted by Crippen LogP contribution is 2.38. The van der Waals surface area contributed by atoms with Gasteiger partial charge in [-0.05, 0) is 36.8 Å². The second-order valence-corrected chi connectivity index (χ2v) is 5.83. The van der Waals surface area contributed by atoms with Gasteiger partial charge in [0.1, 0.15) is 23.2 Å². The van der Waals surface area contributed by atoms with Crippen LogP contribution in [-0.4, -0.2) is 27.1 Å². The van der Waals surface area contributed by atoms with Gasteiger partial charge in [0, 0.05) is 5.56 Å². The van der Waals surface area contributed by atoms with Gasteiger partial charge in [-0.3, -0.25) is 5.10 Å². The topological polar surface area (TPSA) is 90.4 Å². The molecule has 0 amide bonds. The number of carboxylic acid groups (broad SMARTS) is 1. The normalized spacial score (nSPS) is 12.5. The molecule has 0 saturated heterocycles. The molecule has 0 bridgehead atoms. The van der Waals surface area contributed by atoms with Crippen LogP contribution in [0.3, 0.4) is 0 Å². The average Bonchev–Trinajstić information content (AvgIpc) is 2.98. The molecule has 4 rings (SSSR count). The summed E-state index contributed by atoms with van der Waals surface area (Å²) in [4.78, 5) is 15.7. The number of H-pyrrole nitrogens is 1. The van der Waals surface area contributed by atoms with Gasteiger partial charge in [0.2, 0.25) is 0 Å². The largest absolute Gasteiger partial charge is 0.478 e. The number of aromatic amines is 1. The van der Waals surface area contributed by atoms with E-state index in [0.717, 1.165) is 12.1 Å². The van der Waals surface area contributed by atoms with Crippen LogP contribution in [0, 0.1) is 18.6 Å². The number of aryl methyl sites for hydroxylation is 1. The number of nitrogens with one attached hydrogen (secondary N) is 2. The minimum absolute atomic E-state index is 0.0674. The fourth-order valence-electron chi connectivity index (χ4n) is 2.93. The monoisotopic (exact) mass is 354 g/mol. The second-order valence-electron chi connectivity index (χ2n) is 5.83. The number of anilines is 1. The molecule has 0 spiro atoms. The lowest BCUT2D eigenvalue weighted by atomic mass is 10.0. The Bertz CT molecular complexity index is 1070. The zero-order valence-corrected chi connectivity index (χ0v) is 13.5. The lowest BCUT2D eigenvalue weighted by Gasteiger charge is -2.14. The van der Waals surface area contributed by atoms with Crippen LogP contribution in [0.15, 0.2) is 41.5 Å². The summed E-state index contributed by atoms with van der Waals surface area (Å²) in [6.07, 6.45) is 1.44. The highest BCUT2D eigenvalue weighted by atomic mass is 19.1. The Morgan fingerprint density at radius 3 is 2.62 bits per heavy atom. The molecule has 0 fully saturated rings. The van der Waals surface area contributed by atoms with E-state index in [9.17, 15) is 18.7 Å². The molecule has 2 aromatic carbocycles. The Hall–Kier alpha value is -3.55. The van der Waals surface area contributed by atoms with E-state index < -0.39 is 17.6 Å². The molecule has 0 atom stereocenters. The Labute approximate surface area is 146 Å². The summed E-state index contributed by atoms with van der Waals surface area (Å²) >= 11 is 0. The highest BCUT2D eigenvalue weighted by Gasteiger charge is 2.24. The summed E-state index contributed by atoms with van der Waals surface area (Å²) < 4.78 is 28.5. The number of benzene rings is 2. The Balaban J connectivity index is 1.98. The van der Waals surface area contributed by atoms with Gasteiger partial charge in [0.25, 0.3) is 0 Å². The number of hydrogen-bond donors (Lipinski definition) is 3. The molecule has 1 aliphatic rings. The highest BCUT2D eigenvalue weighted by molar-refractivity contribution is 6.14. The van der Waals surface area contributed by atoms with E-state index in [0.29, 0.717) is 28.2 Å². The third-order valence-electron chi connectivity index (χ3n) is 4.17. The molecule has 1 aromatic heterocycles. The number of aliphatic imine (C=N–C) groups is 1. The van der Waals surface area contributed by atoms with Crippen LogP contribution >= 0.6 is 0 Å². The first-order valence-corrected chi connectivity index (χ1v) is 7.67. The number of hydrogen-bond acceptors (Lipinski definition) is 4. The molecule has 1 aliphatic heterocycles. The van der Waals surface area contributed by atoms with Crippen molar-refractivity contribution >= 4 is 23.2 Å². The summed E-state index contributed by atoms with van der Waals surface area (Å²) in [7, 11) is 0. The van der Waals surface area contributed by atoms with E-state index in [4.69, 9.17) is 0 Å².